The van der Waals surface area contributed by atoms with Crippen LogP contribution in [0.5, 0.6) is 0 Å². The number of benzene rings is 1. The number of ether oxygens (including phenoxy) is 1. The second kappa shape index (κ2) is 6.44. The topological polar surface area (TPSA) is 26.3 Å². The molecule has 1 atom stereocenters. The standard InChI is InChI=1S/C14H20O2/c1-4-6-13(15)14(16-3)12-9-7-11(5-2)8-10-12/h7-10,14H,4-6H2,1-3H3. The lowest BCUT2D eigenvalue weighted by Crippen LogP contribution is -2.14. The van der Waals surface area contributed by atoms with Crippen LogP contribution in [0.25, 0.3) is 0 Å². The van der Waals surface area contributed by atoms with Gasteiger partial charge in [-0.3, -0.25) is 4.79 Å². The van der Waals surface area contributed by atoms with Crippen molar-refractivity contribution in [3.8, 4) is 0 Å². The van der Waals surface area contributed by atoms with Crippen molar-refractivity contribution in [3.63, 3.8) is 0 Å². The van der Waals surface area contributed by atoms with Crippen molar-refractivity contribution >= 4 is 5.78 Å². The van der Waals surface area contributed by atoms with Crippen LogP contribution in [0.15, 0.2) is 24.3 Å². The molecule has 0 N–H and O–H groups in total. The van der Waals surface area contributed by atoms with E-state index in [1.165, 1.54) is 5.56 Å². The van der Waals surface area contributed by atoms with Gasteiger partial charge in [0, 0.05) is 13.5 Å². The maximum atomic E-state index is 11.8. The van der Waals surface area contributed by atoms with E-state index < -0.39 is 6.10 Å². The fourth-order valence-electron chi connectivity index (χ4n) is 1.76. The van der Waals surface area contributed by atoms with E-state index in [1.54, 1.807) is 7.11 Å². The molecule has 0 heterocycles. The smallest absolute Gasteiger partial charge is 0.166 e. The summed E-state index contributed by atoms with van der Waals surface area (Å²) in [6, 6.07) is 8.09. The molecule has 1 aromatic rings. The van der Waals surface area contributed by atoms with Gasteiger partial charge in [-0.15, -0.1) is 0 Å². The predicted molar refractivity (Wildman–Crippen MR) is 65.5 cm³/mol. The van der Waals surface area contributed by atoms with Crippen molar-refractivity contribution in [2.45, 2.75) is 39.2 Å². The minimum atomic E-state index is -0.397. The van der Waals surface area contributed by atoms with Crippen LogP contribution in [0.3, 0.4) is 0 Å². The number of rotatable bonds is 6. The summed E-state index contributed by atoms with van der Waals surface area (Å²) >= 11 is 0. The molecule has 0 amide bonds. The summed E-state index contributed by atoms with van der Waals surface area (Å²) in [4.78, 5) is 11.8. The molecule has 2 nitrogen and oxygen atoms in total. The third-order valence-corrected chi connectivity index (χ3v) is 2.72. The molecule has 16 heavy (non-hydrogen) atoms. The Balaban J connectivity index is 2.82. The molecule has 1 unspecified atom stereocenters. The Labute approximate surface area is 97.6 Å². The van der Waals surface area contributed by atoms with E-state index in [0.717, 1.165) is 18.4 Å². The highest BCUT2D eigenvalue weighted by Gasteiger charge is 2.18. The van der Waals surface area contributed by atoms with Crippen LogP contribution in [0.1, 0.15) is 43.9 Å². The van der Waals surface area contributed by atoms with Crippen LogP contribution >= 0.6 is 0 Å². The number of ketones is 1. The molecule has 0 radical (unpaired) electrons. The first-order valence-corrected chi connectivity index (χ1v) is 5.87. The largest absolute Gasteiger partial charge is 0.369 e. The predicted octanol–water partition coefficient (Wildman–Crippen LogP) is 3.31. The highest BCUT2D eigenvalue weighted by Crippen LogP contribution is 2.20. The molecule has 0 aromatic heterocycles. The van der Waals surface area contributed by atoms with Crippen molar-refractivity contribution in [3.05, 3.63) is 35.4 Å². The van der Waals surface area contributed by atoms with Crippen molar-refractivity contribution in [2.75, 3.05) is 7.11 Å². The van der Waals surface area contributed by atoms with Gasteiger partial charge in [-0.1, -0.05) is 38.1 Å². The number of hydrogen-bond acceptors (Lipinski definition) is 2. The first-order chi connectivity index (χ1) is 7.72. The van der Waals surface area contributed by atoms with Crippen LogP contribution in [0.2, 0.25) is 0 Å². The average molecular weight is 220 g/mol. The molecular formula is C14H20O2. The van der Waals surface area contributed by atoms with E-state index >= 15 is 0 Å². The van der Waals surface area contributed by atoms with Gasteiger partial charge in [-0.2, -0.15) is 0 Å². The Morgan fingerprint density at radius 3 is 2.31 bits per heavy atom. The third kappa shape index (κ3) is 3.17. The van der Waals surface area contributed by atoms with Gasteiger partial charge in [0.15, 0.2) is 5.78 Å². The number of carbonyl (C=O) groups excluding carboxylic acids is 1. The molecule has 0 bridgehead atoms. The van der Waals surface area contributed by atoms with Gasteiger partial charge in [-0.25, -0.2) is 0 Å². The van der Waals surface area contributed by atoms with Crippen LogP contribution in [0, 0.1) is 0 Å². The van der Waals surface area contributed by atoms with E-state index in [9.17, 15) is 4.79 Å². The summed E-state index contributed by atoms with van der Waals surface area (Å²) in [5.74, 6) is 0.161. The zero-order valence-electron chi connectivity index (χ0n) is 10.3. The lowest BCUT2D eigenvalue weighted by molar-refractivity contribution is -0.129. The molecule has 0 fully saturated rings. The zero-order chi connectivity index (χ0) is 12.0. The minimum Gasteiger partial charge on any atom is -0.369 e. The lowest BCUT2D eigenvalue weighted by Gasteiger charge is -2.14. The second-order valence-corrected chi connectivity index (χ2v) is 3.93. The van der Waals surface area contributed by atoms with E-state index in [1.807, 2.05) is 19.1 Å². The lowest BCUT2D eigenvalue weighted by atomic mass is 10.0. The summed E-state index contributed by atoms with van der Waals surface area (Å²) < 4.78 is 5.27. The van der Waals surface area contributed by atoms with Crippen LogP contribution in [0.4, 0.5) is 0 Å². The number of Topliss-reactive ketones (excluding diaryl/α,β-unsaturated/α-hetero) is 1. The molecule has 0 aliphatic heterocycles. The van der Waals surface area contributed by atoms with Crippen LogP contribution in [-0.2, 0) is 16.0 Å². The molecule has 0 aliphatic rings. The van der Waals surface area contributed by atoms with Crippen molar-refractivity contribution in [1.29, 1.82) is 0 Å². The highest BCUT2D eigenvalue weighted by molar-refractivity contribution is 5.84. The molecule has 0 saturated heterocycles. The summed E-state index contributed by atoms with van der Waals surface area (Å²) in [6.07, 6.45) is 2.06. The number of carbonyl (C=O) groups is 1. The van der Waals surface area contributed by atoms with Gasteiger partial charge >= 0.3 is 0 Å². The molecule has 1 rings (SSSR count). The molecule has 1 aromatic carbocycles. The van der Waals surface area contributed by atoms with Crippen LogP contribution in [-0.4, -0.2) is 12.9 Å². The molecule has 2 heteroatoms. The van der Waals surface area contributed by atoms with E-state index in [0.29, 0.717) is 6.42 Å². The van der Waals surface area contributed by atoms with E-state index in [-0.39, 0.29) is 5.78 Å². The number of methoxy groups -OCH3 is 1. The molecule has 0 spiro atoms. The Morgan fingerprint density at radius 2 is 1.88 bits per heavy atom. The van der Waals surface area contributed by atoms with Crippen molar-refractivity contribution in [1.82, 2.24) is 0 Å². The number of aryl methyl sites for hydroxylation is 1. The van der Waals surface area contributed by atoms with Crippen molar-refractivity contribution in [2.24, 2.45) is 0 Å². The fourth-order valence-corrected chi connectivity index (χ4v) is 1.76. The number of hydrogen-bond donors (Lipinski definition) is 0. The normalized spacial score (nSPS) is 12.4. The van der Waals surface area contributed by atoms with Crippen molar-refractivity contribution < 1.29 is 9.53 Å². The van der Waals surface area contributed by atoms with Gasteiger partial charge < -0.3 is 4.74 Å². The third-order valence-electron chi connectivity index (χ3n) is 2.72. The monoisotopic (exact) mass is 220 g/mol. The Kier molecular flexibility index (Phi) is 5.20. The molecule has 88 valence electrons. The van der Waals surface area contributed by atoms with Gasteiger partial charge in [0.25, 0.3) is 0 Å². The van der Waals surface area contributed by atoms with Crippen LogP contribution < -0.4 is 0 Å². The summed E-state index contributed by atoms with van der Waals surface area (Å²) in [5.41, 5.74) is 2.24. The minimum absolute atomic E-state index is 0.161. The quantitative estimate of drug-likeness (QED) is 0.735. The zero-order valence-corrected chi connectivity index (χ0v) is 10.3. The van der Waals surface area contributed by atoms with Gasteiger partial charge in [0.1, 0.15) is 6.10 Å². The Bertz CT molecular complexity index is 327. The van der Waals surface area contributed by atoms with Gasteiger partial charge in [0.2, 0.25) is 0 Å². The first kappa shape index (κ1) is 12.9. The highest BCUT2D eigenvalue weighted by atomic mass is 16.5. The first-order valence-electron chi connectivity index (χ1n) is 5.87. The molecule has 0 aliphatic carbocycles. The molecule has 0 saturated carbocycles. The van der Waals surface area contributed by atoms with E-state index in [4.69, 9.17) is 4.74 Å². The Hall–Kier alpha value is -1.15. The Morgan fingerprint density at radius 1 is 1.25 bits per heavy atom. The summed E-state index contributed by atoms with van der Waals surface area (Å²) in [5, 5.41) is 0. The summed E-state index contributed by atoms with van der Waals surface area (Å²) in [6.45, 7) is 4.12. The van der Waals surface area contributed by atoms with Gasteiger partial charge in [-0.05, 0) is 24.0 Å². The summed E-state index contributed by atoms with van der Waals surface area (Å²) in [7, 11) is 1.59. The molecular weight excluding hydrogens is 200 g/mol. The van der Waals surface area contributed by atoms with Gasteiger partial charge in [0.05, 0.1) is 0 Å². The van der Waals surface area contributed by atoms with E-state index in [2.05, 4.69) is 19.1 Å². The maximum absolute atomic E-state index is 11.8. The second-order valence-electron chi connectivity index (χ2n) is 3.93. The fraction of sp³-hybridized carbons (Fsp3) is 0.500. The average Bonchev–Trinajstić information content (AvgIpc) is 2.31. The maximum Gasteiger partial charge on any atom is 0.166 e. The SMILES string of the molecule is CCCC(=O)C(OC)c1ccc(CC)cc1.